The summed E-state index contributed by atoms with van der Waals surface area (Å²) in [6.45, 7) is 7.66. The lowest BCUT2D eigenvalue weighted by molar-refractivity contribution is 0.199. The van der Waals surface area contributed by atoms with E-state index in [1.807, 2.05) is 23.9 Å². The van der Waals surface area contributed by atoms with E-state index in [0.717, 1.165) is 26.2 Å². The maximum absolute atomic E-state index is 5.02. The first-order chi connectivity index (χ1) is 9.20. The van der Waals surface area contributed by atoms with Crippen LogP contribution >= 0.6 is 11.3 Å². The largest absolute Gasteiger partial charge is 0.383 e. The van der Waals surface area contributed by atoms with Crippen molar-refractivity contribution in [3.63, 3.8) is 0 Å². The van der Waals surface area contributed by atoms with E-state index in [9.17, 15) is 0 Å². The number of hydrogen-bond donors (Lipinski definition) is 1. The van der Waals surface area contributed by atoms with Crippen LogP contribution < -0.4 is 5.32 Å². The molecule has 0 aromatic carbocycles. The van der Waals surface area contributed by atoms with Crippen LogP contribution in [-0.2, 0) is 17.8 Å². The van der Waals surface area contributed by atoms with Gasteiger partial charge in [-0.05, 0) is 25.5 Å². The molecule has 0 saturated heterocycles. The number of aromatic nitrogens is 2. The first-order valence-corrected chi connectivity index (χ1v) is 7.27. The molecule has 5 heteroatoms. The molecular formula is C14H21N3OS. The molecule has 1 N–H and O–H groups in total. The van der Waals surface area contributed by atoms with Gasteiger partial charge in [0.05, 0.1) is 25.2 Å². The number of imidazole rings is 1. The molecule has 19 heavy (non-hydrogen) atoms. The van der Waals surface area contributed by atoms with Crippen molar-refractivity contribution in [1.29, 1.82) is 0 Å². The molecule has 104 valence electrons. The topological polar surface area (TPSA) is 39.1 Å². The molecule has 0 atom stereocenters. The Labute approximate surface area is 118 Å². The fourth-order valence-electron chi connectivity index (χ4n) is 1.92. The van der Waals surface area contributed by atoms with Crippen molar-refractivity contribution in [1.82, 2.24) is 14.9 Å². The summed E-state index contributed by atoms with van der Waals surface area (Å²) in [7, 11) is 1.72. The standard InChI is InChI=1S/C14H21N3OS/c1-11-6-14(19-12(11)2)9-17-10-16-8-13(17)7-15-4-5-18-3/h6,8,10,15H,4-5,7,9H2,1-3H3. The number of hydrogen-bond acceptors (Lipinski definition) is 4. The van der Waals surface area contributed by atoms with Crippen molar-refractivity contribution in [3.05, 3.63) is 39.6 Å². The van der Waals surface area contributed by atoms with Gasteiger partial charge in [0.1, 0.15) is 0 Å². The summed E-state index contributed by atoms with van der Waals surface area (Å²) in [5.74, 6) is 0. The van der Waals surface area contributed by atoms with Crippen LogP contribution in [0.3, 0.4) is 0 Å². The van der Waals surface area contributed by atoms with Crippen molar-refractivity contribution in [2.45, 2.75) is 26.9 Å². The second-order valence-electron chi connectivity index (χ2n) is 4.63. The Morgan fingerprint density at radius 1 is 1.42 bits per heavy atom. The van der Waals surface area contributed by atoms with Crippen LogP contribution in [0, 0.1) is 13.8 Å². The Kier molecular flexibility index (Phi) is 5.13. The smallest absolute Gasteiger partial charge is 0.0952 e. The van der Waals surface area contributed by atoms with Gasteiger partial charge in [-0.1, -0.05) is 0 Å². The minimum atomic E-state index is 0.734. The zero-order valence-corrected chi connectivity index (χ0v) is 12.6. The lowest BCUT2D eigenvalue weighted by Crippen LogP contribution is -2.20. The van der Waals surface area contributed by atoms with Gasteiger partial charge in [-0.3, -0.25) is 0 Å². The quantitative estimate of drug-likeness (QED) is 0.791. The first kappa shape index (κ1) is 14.2. The van der Waals surface area contributed by atoms with Gasteiger partial charge in [0.25, 0.3) is 0 Å². The number of thiophene rings is 1. The predicted molar refractivity (Wildman–Crippen MR) is 78.7 cm³/mol. The van der Waals surface area contributed by atoms with E-state index in [0.29, 0.717) is 0 Å². The third-order valence-electron chi connectivity index (χ3n) is 3.13. The number of rotatable bonds is 7. The highest BCUT2D eigenvalue weighted by Crippen LogP contribution is 2.21. The van der Waals surface area contributed by atoms with Crippen molar-refractivity contribution in [3.8, 4) is 0 Å². The van der Waals surface area contributed by atoms with Gasteiger partial charge in [0, 0.05) is 36.2 Å². The monoisotopic (exact) mass is 279 g/mol. The summed E-state index contributed by atoms with van der Waals surface area (Å²) in [6, 6.07) is 2.27. The van der Waals surface area contributed by atoms with Crippen molar-refractivity contribution in [2.24, 2.45) is 0 Å². The highest BCUT2D eigenvalue weighted by molar-refractivity contribution is 7.12. The first-order valence-electron chi connectivity index (χ1n) is 6.45. The highest BCUT2D eigenvalue weighted by Gasteiger charge is 2.06. The summed E-state index contributed by atoms with van der Waals surface area (Å²) < 4.78 is 7.22. The van der Waals surface area contributed by atoms with Gasteiger partial charge in [-0.25, -0.2) is 4.98 Å². The summed E-state index contributed by atoms with van der Waals surface area (Å²) in [5.41, 5.74) is 2.58. The van der Waals surface area contributed by atoms with E-state index < -0.39 is 0 Å². The summed E-state index contributed by atoms with van der Waals surface area (Å²) in [4.78, 5) is 7.02. The third-order valence-corrected chi connectivity index (χ3v) is 4.27. The zero-order valence-electron chi connectivity index (χ0n) is 11.8. The van der Waals surface area contributed by atoms with E-state index in [-0.39, 0.29) is 0 Å². The van der Waals surface area contributed by atoms with E-state index >= 15 is 0 Å². The summed E-state index contributed by atoms with van der Waals surface area (Å²) >= 11 is 1.86. The maximum atomic E-state index is 5.02. The van der Waals surface area contributed by atoms with Gasteiger partial charge in [-0.15, -0.1) is 11.3 Å². The molecular weight excluding hydrogens is 258 g/mol. The molecule has 0 fully saturated rings. The Morgan fingerprint density at radius 2 is 2.26 bits per heavy atom. The molecule has 0 amide bonds. The molecule has 2 aromatic heterocycles. The van der Waals surface area contributed by atoms with Crippen LogP contribution in [-0.4, -0.2) is 29.8 Å². The van der Waals surface area contributed by atoms with Crippen molar-refractivity contribution in [2.75, 3.05) is 20.3 Å². The second kappa shape index (κ2) is 6.84. The van der Waals surface area contributed by atoms with Crippen LogP contribution in [0.1, 0.15) is 21.0 Å². The Bertz CT molecular complexity index is 499. The molecule has 0 aliphatic carbocycles. The SMILES string of the molecule is COCCNCc1cncn1Cc1cc(C)c(C)s1. The molecule has 2 aromatic rings. The minimum Gasteiger partial charge on any atom is -0.383 e. The Balaban J connectivity index is 1.95. The Morgan fingerprint density at radius 3 is 2.95 bits per heavy atom. The van der Waals surface area contributed by atoms with Crippen molar-refractivity contribution >= 4 is 11.3 Å². The molecule has 0 spiro atoms. The van der Waals surface area contributed by atoms with Gasteiger partial charge in [0.15, 0.2) is 0 Å². The number of nitrogens with zero attached hydrogens (tertiary/aromatic N) is 2. The molecule has 0 bridgehead atoms. The Hall–Kier alpha value is -1.17. The third kappa shape index (κ3) is 3.89. The number of nitrogens with one attached hydrogen (secondary N) is 1. The highest BCUT2D eigenvalue weighted by atomic mass is 32.1. The molecule has 0 unspecified atom stereocenters. The average molecular weight is 279 g/mol. The van der Waals surface area contributed by atoms with E-state index in [1.165, 1.54) is 21.0 Å². The van der Waals surface area contributed by atoms with Gasteiger partial charge >= 0.3 is 0 Å². The maximum Gasteiger partial charge on any atom is 0.0952 e. The lowest BCUT2D eigenvalue weighted by atomic mass is 10.3. The molecule has 0 saturated carbocycles. The van der Waals surface area contributed by atoms with E-state index in [1.54, 1.807) is 7.11 Å². The van der Waals surface area contributed by atoms with Gasteiger partial charge < -0.3 is 14.6 Å². The summed E-state index contributed by atoms with van der Waals surface area (Å²) in [5, 5.41) is 3.35. The van der Waals surface area contributed by atoms with Gasteiger partial charge in [0.2, 0.25) is 0 Å². The molecule has 0 radical (unpaired) electrons. The molecule has 0 aliphatic rings. The molecule has 4 nitrogen and oxygen atoms in total. The van der Waals surface area contributed by atoms with Crippen LogP contribution in [0.25, 0.3) is 0 Å². The van der Waals surface area contributed by atoms with Crippen LogP contribution in [0.2, 0.25) is 0 Å². The average Bonchev–Trinajstić information content (AvgIpc) is 2.94. The minimum absolute atomic E-state index is 0.734. The normalized spacial score (nSPS) is 11.1. The van der Waals surface area contributed by atoms with Crippen LogP contribution in [0.5, 0.6) is 0 Å². The predicted octanol–water partition coefficient (Wildman–Crippen LogP) is 2.35. The zero-order chi connectivity index (χ0) is 13.7. The molecule has 0 aliphatic heterocycles. The fraction of sp³-hybridized carbons (Fsp3) is 0.500. The van der Waals surface area contributed by atoms with Crippen LogP contribution in [0.15, 0.2) is 18.6 Å². The number of ether oxygens (including phenoxy) is 1. The fourth-order valence-corrected chi connectivity index (χ4v) is 2.98. The van der Waals surface area contributed by atoms with Crippen molar-refractivity contribution < 1.29 is 4.74 Å². The summed E-state index contributed by atoms with van der Waals surface area (Å²) in [6.07, 6.45) is 3.82. The molecule has 2 heterocycles. The van der Waals surface area contributed by atoms with E-state index in [2.05, 4.69) is 34.8 Å². The van der Waals surface area contributed by atoms with Crippen LogP contribution in [0.4, 0.5) is 0 Å². The van der Waals surface area contributed by atoms with E-state index in [4.69, 9.17) is 4.74 Å². The number of aryl methyl sites for hydroxylation is 2. The molecule has 2 rings (SSSR count). The lowest BCUT2D eigenvalue weighted by Gasteiger charge is -2.08. The number of methoxy groups -OCH3 is 1. The van der Waals surface area contributed by atoms with Gasteiger partial charge in [-0.2, -0.15) is 0 Å². The second-order valence-corrected chi connectivity index (χ2v) is 5.98.